The van der Waals surface area contributed by atoms with Gasteiger partial charge < -0.3 is 24.2 Å². The fourth-order valence-corrected chi connectivity index (χ4v) is 4.10. The Labute approximate surface area is 180 Å². The zero-order valence-electron chi connectivity index (χ0n) is 18.6. The van der Waals surface area contributed by atoms with E-state index in [1.165, 1.54) is 16.0 Å². The van der Waals surface area contributed by atoms with E-state index in [1.54, 1.807) is 19.1 Å². The van der Waals surface area contributed by atoms with Gasteiger partial charge >= 0.3 is 0 Å². The van der Waals surface area contributed by atoms with Crippen molar-refractivity contribution in [2.24, 2.45) is 0 Å². The number of rotatable bonds is 8. The number of hydrogen-bond acceptors (Lipinski definition) is 3. The van der Waals surface area contributed by atoms with E-state index >= 15 is 0 Å². The molecule has 0 aromatic heterocycles. The lowest BCUT2D eigenvalue weighted by molar-refractivity contribution is -1.02. The Kier molecular flexibility index (Phi) is 7.71. The number of hydrogen-bond donors (Lipinski definition) is 2. The van der Waals surface area contributed by atoms with Crippen molar-refractivity contribution in [2.75, 3.05) is 54.0 Å². The summed E-state index contributed by atoms with van der Waals surface area (Å²) in [5, 5.41) is 0. The second-order valence-corrected chi connectivity index (χ2v) is 8.13. The minimum Gasteiger partial charge on any atom is -0.493 e. The number of nitrogens with zero attached hydrogens (tertiary/aromatic N) is 1. The number of likely N-dealkylation sites (N-methyl/N-ethyl adjacent to an activating group) is 1. The third-order valence-electron chi connectivity index (χ3n) is 6.22. The lowest BCUT2D eigenvalue weighted by Crippen LogP contribution is -3.28. The Morgan fingerprint density at radius 1 is 0.967 bits per heavy atom. The van der Waals surface area contributed by atoms with Crippen LogP contribution in [0.25, 0.3) is 0 Å². The molecule has 0 saturated carbocycles. The van der Waals surface area contributed by atoms with E-state index in [0.29, 0.717) is 6.54 Å². The smallest absolute Gasteiger partial charge is 0.278 e. The first-order chi connectivity index (χ1) is 14.5. The number of carbonyl (C=O) groups is 1. The van der Waals surface area contributed by atoms with Crippen molar-refractivity contribution < 1.29 is 24.1 Å². The molecule has 162 valence electrons. The number of amides is 1. The van der Waals surface area contributed by atoms with Crippen molar-refractivity contribution in [3.8, 4) is 11.5 Å². The van der Waals surface area contributed by atoms with Gasteiger partial charge in [0.15, 0.2) is 18.0 Å². The van der Waals surface area contributed by atoms with Gasteiger partial charge in [0, 0.05) is 12.6 Å². The molecule has 2 aromatic carbocycles. The molecular formula is C24H35N3O3+2. The third kappa shape index (κ3) is 5.52. The molecule has 1 amide bonds. The Morgan fingerprint density at radius 2 is 1.60 bits per heavy atom. The predicted octanol–water partition coefficient (Wildman–Crippen LogP) is 0.207. The number of piperazine rings is 1. The summed E-state index contributed by atoms with van der Waals surface area (Å²) in [7, 11) is 5.24. The quantitative estimate of drug-likeness (QED) is 0.650. The van der Waals surface area contributed by atoms with Gasteiger partial charge in [0.25, 0.3) is 5.91 Å². The van der Waals surface area contributed by atoms with Crippen LogP contribution in [-0.2, 0) is 11.3 Å². The van der Waals surface area contributed by atoms with Crippen LogP contribution in [0.5, 0.6) is 11.5 Å². The molecule has 0 unspecified atom stereocenters. The van der Waals surface area contributed by atoms with Crippen molar-refractivity contribution in [3.05, 3.63) is 59.7 Å². The third-order valence-corrected chi connectivity index (χ3v) is 6.22. The summed E-state index contributed by atoms with van der Waals surface area (Å²) in [5.41, 5.74) is 2.42. The molecule has 30 heavy (non-hydrogen) atoms. The van der Waals surface area contributed by atoms with Crippen LogP contribution in [0.15, 0.2) is 48.5 Å². The molecule has 2 N–H and O–H groups in total. The Hall–Kier alpha value is -2.57. The normalized spacial score (nSPS) is 19.7. The van der Waals surface area contributed by atoms with E-state index in [4.69, 9.17) is 9.47 Å². The van der Waals surface area contributed by atoms with Crippen LogP contribution >= 0.6 is 0 Å². The van der Waals surface area contributed by atoms with Crippen molar-refractivity contribution in [2.45, 2.75) is 19.5 Å². The average molecular weight is 414 g/mol. The fraction of sp³-hybridized carbons (Fsp3) is 0.458. The minimum atomic E-state index is 0.0927. The summed E-state index contributed by atoms with van der Waals surface area (Å²) in [6.07, 6.45) is 0. The van der Waals surface area contributed by atoms with E-state index in [-0.39, 0.29) is 11.9 Å². The highest BCUT2D eigenvalue weighted by molar-refractivity contribution is 5.77. The number of carbonyl (C=O) groups excluding carboxylic acids is 1. The van der Waals surface area contributed by atoms with E-state index in [2.05, 4.69) is 31.2 Å². The summed E-state index contributed by atoms with van der Waals surface area (Å²) in [6, 6.07) is 16.4. The summed E-state index contributed by atoms with van der Waals surface area (Å²) >= 11 is 0. The van der Waals surface area contributed by atoms with E-state index in [1.807, 2.05) is 36.2 Å². The van der Waals surface area contributed by atoms with Gasteiger partial charge in [0.05, 0.1) is 20.3 Å². The molecule has 3 rings (SSSR count). The summed E-state index contributed by atoms with van der Waals surface area (Å²) in [5.74, 6) is 1.75. The largest absolute Gasteiger partial charge is 0.493 e. The maximum Gasteiger partial charge on any atom is 0.278 e. The van der Waals surface area contributed by atoms with Crippen LogP contribution in [0.1, 0.15) is 24.1 Å². The van der Waals surface area contributed by atoms with E-state index < -0.39 is 0 Å². The number of methoxy groups -OCH3 is 2. The van der Waals surface area contributed by atoms with Gasteiger partial charge in [0.2, 0.25) is 0 Å². The SMILES string of the molecule is COc1ccc(C[NH+]2CC[NH+](CC(=O)N(C)[C@@H](C)c3ccccc3)CC2)cc1OC. The monoisotopic (exact) mass is 413 g/mol. The molecule has 1 aliphatic rings. The Bertz CT molecular complexity index is 820. The predicted molar refractivity (Wildman–Crippen MR) is 117 cm³/mol. The second-order valence-electron chi connectivity index (χ2n) is 8.13. The first kappa shape index (κ1) is 22.1. The van der Waals surface area contributed by atoms with Crippen LogP contribution in [-0.4, -0.2) is 64.8 Å². The fourth-order valence-electron chi connectivity index (χ4n) is 4.10. The van der Waals surface area contributed by atoms with Crippen molar-refractivity contribution >= 4 is 5.91 Å². The molecule has 1 fully saturated rings. The first-order valence-electron chi connectivity index (χ1n) is 10.7. The second kappa shape index (κ2) is 10.5. The molecule has 6 nitrogen and oxygen atoms in total. The van der Waals surface area contributed by atoms with Crippen LogP contribution < -0.4 is 19.3 Å². The highest BCUT2D eigenvalue weighted by Gasteiger charge is 2.27. The molecule has 0 bridgehead atoms. The van der Waals surface area contributed by atoms with Gasteiger partial charge in [-0.05, 0) is 30.7 Å². The molecule has 0 spiro atoms. The maximum atomic E-state index is 12.8. The summed E-state index contributed by atoms with van der Waals surface area (Å²) < 4.78 is 10.7. The summed E-state index contributed by atoms with van der Waals surface area (Å²) in [4.78, 5) is 17.6. The van der Waals surface area contributed by atoms with Gasteiger partial charge in [-0.2, -0.15) is 0 Å². The van der Waals surface area contributed by atoms with E-state index in [9.17, 15) is 4.79 Å². The Balaban J connectivity index is 1.48. The highest BCUT2D eigenvalue weighted by Crippen LogP contribution is 2.27. The van der Waals surface area contributed by atoms with Crippen molar-refractivity contribution in [1.82, 2.24) is 4.90 Å². The topological polar surface area (TPSA) is 47.7 Å². The summed E-state index contributed by atoms with van der Waals surface area (Å²) in [6.45, 7) is 7.78. The molecular weight excluding hydrogens is 378 g/mol. The van der Waals surface area contributed by atoms with Gasteiger partial charge in [0.1, 0.15) is 32.7 Å². The lowest BCUT2D eigenvalue weighted by atomic mass is 10.1. The zero-order chi connectivity index (χ0) is 21.5. The average Bonchev–Trinajstić information content (AvgIpc) is 2.79. The van der Waals surface area contributed by atoms with Gasteiger partial charge in [-0.1, -0.05) is 30.3 Å². The number of ether oxygens (including phenoxy) is 2. The van der Waals surface area contributed by atoms with Crippen LogP contribution in [0.3, 0.4) is 0 Å². The van der Waals surface area contributed by atoms with Crippen molar-refractivity contribution in [1.29, 1.82) is 0 Å². The first-order valence-corrected chi connectivity index (χ1v) is 10.7. The molecule has 2 aromatic rings. The number of nitrogens with one attached hydrogen (secondary N) is 2. The number of benzene rings is 2. The van der Waals surface area contributed by atoms with Crippen LogP contribution in [0.4, 0.5) is 0 Å². The molecule has 1 aliphatic heterocycles. The van der Waals surface area contributed by atoms with E-state index in [0.717, 1.165) is 44.2 Å². The zero-order valence-corrected chi connectivity index (χ0v) is 18.6. The van der Waals surface area contributed by atoms with Gasteiger partial charge in [-0.25, -0.2) is 0 Å². The standard InChI is InChI=1S/C24H33N3O3/c1-19(21-8-6-5-7-9-21)25(2)24(28)18-27-14-12-26(13-15-27)17-20-10-11-22(29-3)23(16-20)30-4/h5-11,16,19H,12-15,17-18H2,1-4H3/p+2/t19-/m0/s1. The Morgan fingerprint density at radius 3 is 2.23 bits per heavy atom. The molecule has 1 heterocycles. The molecule has 6 heteroatoms. The molecule has 0 radical (unpaired) electrons. The number of quaternary nitrogens is 2. The molecule has 0 aliphatic carbocycles. The van der Waals surface area contributed by atoms with Gasteiger partial charge in [-0.3, -0.25) is 4.79 Å². The maximum absolute atomic E-state index is 12.8. The molecule has 1 saturated heterocycles. The molecule has 1 atom stereocenters. The minimum absolute atomic E-state index is 0.0927. The van der Waals surface area contributed by atoms with Gasteiger partial charge in [-0.15, -0.1) is 0 Å². The lowest BCUT2D eigenvalue weighted by Gasteiger charge is -2.31. The highest BCUT2D eigenvalue weighted by atomic mass is 16.5. The van der Waals surface area contributed by atoms with Crippen molar-refractivity contribution in [3.63, 3.8) is 0 Å². The van der Waals surface area contributed by atoms with Crippen LogP contribution in [0, 0.1) is 0 Å². The van der Waals surface area contributed by atoms with Crippen LogP contribution in [0.2, 0.25) is 0 Å².